The number of benzene rings is 2. The highest BCUT2D eigenvalue weighted by Crippen LogP contribution is 2.27. The van der Waals surface area contributed by atoms with Crippen LogP contribution in [-0.4, -0.2) is 36.8 Å². The van der Waals surface area contributed by atoms with Gasteiger partial charge in [-0.25, -0.2) is 4.79 Å². The lowest BCUT2D eigenvalue weighted by Crippen LogP contribution is -2.34. The molecule has 144 valence electrons. The Labute approximate surface area is 165 Å². The number of carbonyl (C=O) groups excluding carboxylic acids is 1. The van der Waals surface area contributed by atoms with Gasteiger partial charge in [-0.3, -0.25) is 4.90 Å². The van der Waals surface area contributed by atoms with Crippen LogP contribution in [0.25, 0.3) is 0 Å². The maximum Gasteiger partial charge on any atom is 0.410 e. The van der Waals surface area contributed by atoms with Gasteiger partial charge < -0.3 is 14.8 Å². The molecule has 0 aromatic heterocycles. The lowest BCUT2D eigenvalue weighted by Gasteiger charge is -2.22. The Kier molecular flexibility index (Phi) is 6.11. The molecule has 1 heterocycles. The molecule has 3 rings (SSSR count). The molecule has 0 radical (unpaired) electrons. The van der Waals surface area contributed by atoms with Crippen LogP contribution in [0.15, 0.2) is 42.5 Å². The van der Waals surface area contributed by atoms with Crippen molar-refractivity contribution in [1.82, 2.24) is 4.90 Å². The summed E-state index contributed by atoms with van der Waals surface area (Å²) in [5, 5.41) is 4.01. The molecule has 27 heavy (non-hydrogen) atoms. The van der Waals surface area contributed by atoms with Crippen LogP contribution >= 0.6 is 11.6 Å². The monoisotopic (exact) mass is 388 g/mol. The second-order valence-electron chi connectivity index (χ2n) is 7.02. The fourth-order valence-corrected chi connectivity index (χ4v) is 3.35. The molecule has 0 spiro atoms. The number of halogens is 1. The third kappa shape index (κ3) is 4.86. The molecule has 5 nitrogen and oxygen atoms in total. The van der Waals surface area contributed by atoms with Crippen LogP contribution in [0.5, 0.6) is 5.75 Å². The van der Waals surface area contributed by atoms with Crippen molar-refractivity contribution in [3.63, 3.8) is 0 Å². The number of hydrogen-bond acceptors (Lipinski definition) is 4. The van der Waals surface area contributed by atoms with Gasteiger partial charge in [0, 0.05) is 12.6 Å². The summed E-state index contributed by atoms with van der Waals surface area (Å²) < 4.78 is 10.5. The van der Waals surface area contributed by atoms with E-state index < -0.39 is 0 Å². The van der Waals surface area contributed by atoms with Crippen molar-refractivity contribution >= 4 is 23.4 Å². The second-order valence-corrected chi connectivity index (χ2v) is 7.43. The van der Waals surface area contributed by atoms with Gasteiger partial charge in [0.2, 0.25) is 0 Å². The molecule has 1 fully saturated rings. The first-order valence-corrected chi connectivity index (χ1v) is 9.45. The smallest absolute Gasteiger partial charge is 0.410 e. The second kappa shape index (κ2) is 8.53. The Hall–Kier alpha value is -2.40. The minimum Gasteiger partial charge on any atom is -0.497 e. The van der Waals surface area contributed by atoms with Crippen molar-refractivity contribution in [1.29, 1.82) is 0 Å². The number of cyclic esters (lactones) is 1. The quantitative estimate of drug-likeness (QED) is 0.744. The van der Waals surface area contributed by atoms with Crippen LogP contribution in [0.1, 0.15) is 25.0 Å². The Balaban J connectivity index is 1.72. The molecule has 0 aliphatic carbocycles. The van der Waals surface area contributed by atoms with Crippen LogP contribution in [0, 0.1) is 0 Å². The zero-order chi connectivity index (χ0) is 19.4. The summed E-state index contributed by atoms with van der Waals surface area (Å²) in [6.45, 7) is 5.01. The van der Waals surface area contributed by atoms with Crippen molar-refractivity contribution in [3.05, 3.63) is 58.6 Å². The SMILES string of the molecule is COc1ccc(CC2COC(=O)N2Cc2ccc(Cl)c(NC(C)C)c2)cc1. The third-order valence-electron chi connectivity index (χ3n) is 4.53. The number of hydrogen-bond donors (Lipinski definition) is 1. The minimum absolute atomic E-state index is 0.00285. The molecule has 1 amide bonds. The molecule has 1 N–H and O–H groups in total. The predicted octanol–water partition coefficient (Wildman–Crippen LogP) is 4.73. The van der Waals surface area contributed by atoms with Gasteiger partial charge in [-0.2, -0.15) is 0 Å². The molecule has 1 aliphatic heterocycles. The van der Waals surface area contributed by atoms with Crippen molar-refractivity contribution in [2.45, 2.75) is 38.9 Å². The van der Waals surface area contributed by atoms with Gasteiger partial charge in [-0.05, 0) is 55.7 Å². The molecule has 2 aromatic rings. The molecule has 1 unspecified atom stereocenters. The van der Waals surface area contributed by atoms with E-state index in [0.29, 0.717) is 18.2 Å². The molecule has 2 aromatic carbocycles. The van der Waals surface area contributed by atoms with E-state index in [0.717, 1.165) is 29.0 Å². The molecule has 1 saturated heterocycles. The number of nitrogens with one attached hydrogen (secondary N) is 1. The van der Waals surface area contributed by atoms with E-state index in [4.69, 9.17) is 21.1 Å². The molecular formula is C21H25ClN2O3. The Morgan fingerprint density at radius 3 is 2.59 bits per heavy atom. The summed E-state index contributed by atoms with van der Waals surface area (Å²) in [5.41, 5.74) is 3.03. The van der Waals surface area contributed by atoms with Crippen LogP contribution in [0.4, 0.5) is 10.5 Å². The van der Waals surface area contributed by atoms with Crippen LogP contribution in [0.3, 0.4) is 0 Å². The maximum absolute atomic E-state index is 12.3. The van der Waals surface area contributed by atoms with Gasteiger partial charge in [0.15, 0.2) is 0 Å². The first-order valence-electron chi connectivity index (χ1n) is 9.07. The van der Waals surface area contributed by atoms with Crippen molar-refractivity contribution in [2.75, 3.05) is 19.0 Å². The number of amides is 1. The fourth-order valence-electron chi connectivity index (χ4n) is 3.17. The number of methoxy groups -OCH3 is 1. The van der Waals surface area contributed by atoms with Crippen LogP contribution in [-0.2, 0) is 17.7 Å². The predicted molar refractivity (Wildman–Crippen MR) is 108 cm³/mol. The maximum atomic E-state index is 12.3. The van der Waals surface area contributed by atoms with Gasteiger partial charge >= 0.3 is 6.09 Å². The highest BCUT2D eigenvalue weighted by atomic mass is 35.5. The Bertz CT molecular complexity index is 793. The standard InChI is InChI=1S/C21H25ClN2O3/c1-14(2)23-20-11-16(6-9-19(20)22)12-24-17(13-27-21(24)25)10-15-4-7-18(26-3)8-5-15/h4-9,11,14,17,23H,10,12-13H2,1-3H3. The normalized spacial score (nSPS) is 16.6. The number of anilines is 1. The highest BCUT2D eigenvalue weighted by molar-refractivity contribution is 6.33. The summed E-state index contributed by atoms with van der Waals surface area (Å²) in [7, 11) is 1.65. The summed E-state index contributed by atoms with van der Waals surface area (Å²) in [5.74, 6) is 0.820. The summed E-state index contributed by atoms with van der Waals surface area (Å²) in [4.78, 5) is 14.0. The summed E-state index contributed by atoms with van der Waals surface area (Å²) >= 11 is 6.27. The number of rotatable bonds is 7. The average Bonchev–Trinajstić information content (AvgIpc) is 2.98. The minimum atomic E-state index is -0.276. The van der Waals surface area contributed by atoms with Gasteiger partial charge in [-0.1, -0.05) is 29.8 Å². The Morgan fingerprint density at radius 2 is 1.93 bits per heavy atom. The molecule has 1 atom stereocenters. The highest BCUT2D eigenvalue weighted by Gasteiger charge is 2.33. The zero-order valence-corrected chi connectivity index (χ0v) is 16.6. The van der Waals surface area contributed by atoms with Gasteiger partial charge in [0.1, 0.15) is 12.4 Å². The van der Waals surface area contributed by atoms with E-state index in [-0.39, 0.29) is 18.2 Å². The summed E-state index contributed by atoms with van der Waals surface area (Å²) in [6, 6.07) is 14.0. The van der Waals surface area contributed by atoms with E-state index in [1.165, 1.54) is 0 Å². The van der Waals surface area contributed by atoms with E-state index in [1.807, 2.05) is 42.5 Å². The molecule has 6 heteroatoms. The number of nitrogens with zero attached hydrogens (tertiary/aromatic N) is 1. The largest absolute Gasteiger partial charge is 0.497 e. The fraction of sp³-hybridized carbons (Fsp3) is 0.381. The Morgan fingerprint density at radius 1 is 1.22 bits per heavy atom. The first kappa shape index (κ1) is 19.4. The molecular weight excluding hydrogens is 364 g/mol. The molecule has 0 saturated carbocycles. The first-order chi connectivity index (χ1) is 13.0. The van der Waals surface area contributed by atoms with Crippen molar-refractivity contribution < 1.29 is 14.3 Å². The van der Waals surface area contributed by atoms with Crippen LogP contribution < -0.4 is 10.1 Å². The van der Waals surface area contributed by atoms with Crippen LogP contribution in [0.2, 0.25) is 5.02 Å². The van der Waals surface area contributed by atoms with E-state index in [9.17, 15) is 4.79 Å². The number of ether oxygens (including phenoxy) is 2. The summed E-state index contributed by atoms with van der Waals surface area (Å²) in [6.07, 6.45) is 0.460. The average molecular weight is 389 g/mol. The van der Waals surface area contributed by atoms with Gasteiger partial charge in [-0.15, -0.1) is 0 Å². The van der Waals surface area contributed by atoms with Gasteiger partial charge in [0.05, 0.1) is 23.9 Å². The van der Waals surface area contributed by atoms with E-state index in [2.05, 4.69) is 19.2 Å². The third-order valence-corrected chi connectivity index (χ3v) is 4.86. The van der Waals surface area contributed by atoms with Crippen molar-refractivity contribution in [2.24, 2.45) is 0 Å². The van der Waals surface area contributed by atoms with Gasteiger partial charge in [0.25, 0.3) is 0 Å². The lowest BCUT2D eigenvalue weighted by atomic mass is 10.0. The molecule has 1 aliphatic rings. The lowest BCUT2D eigenvalue weighted by molar-refractivity contribution is 0.156. The van der Waals surface area contributed by atoms with E-state index in [1.54, 1.807) is 12.0 Å². The van der Waals surface area contributed by atoms with E-state index >= 15 is 0 Å². The molecule has 0 bridgehead atoms. The topological polar surface area (TPSA) is 50.8 Å². The van der Waals surface area contributed by atoms with Crippen molar-refractivity contribution in [3.8, 4) is 5.75 Å². The zero-order valence-electron chi connectivity index (χ0n) is 15.9. The number of carbonyl (C=O) groups is 1.